The molecule has 2 rings (SSSR count). The minimum Gasteiger partial charge on any atom is -0.385 e. The number of hydrogen-bond acceptors (Lipinski definition) is 2. The van der Waals surface area contributed by atoms with Crippen LogP contribution >= 0.6 is 0 Å². The Balaban J connectivity index is 2.32. The van der Waals surface area contributed by atoms with Gasteiger partial charge in [-0.1, -0.05) is 19.3 Å². The van der Waals surface area contributed by atoms with Crippen molar-refractivity contribution in [3.05, 3.63) is 11.6 Å². The number of fused-ring (bicyclic) bond motifs is 1. The van der Waals surface area contributed by atoms with Gasteiger partial charge >= 0.3 is 0 Å². The molecule has 0 unspecified atom stereocenters. The lowest BCUT2D eigenvalue weighted by molar-refractivity contribution is -0.123. The number of allylic oxidation sites excluding steroid dienone is 1. The standard InChI is InChI=1S/C11H16O2/c1-8-7-10(12)9-5-3-2-4-6-11(8,9)13/h7,9,13H,2-6H2,1H3/t9-,11-/m0/s1. The molecule has 0 spiro atoms. The van der Waals surface area contributed by atoms with Gasteiger partial charge in [-0.25, -0.2) is 0 Å². The molecule has 2 atom stereocenters. The minimum atomic E-state index is -0.784. The third kappa shape index (κ3) is 1.24. The molecule has 0 aromatic rings. The fourth-order valence-electron chi connectivity index (χ4n) is 2.62. The van der Waals surface area contributed by atoms with Crippen LogP contribution in [-0.2, 0) is 4.79 Å². The molecule has 0 aliphatic heterocycles. The summed E-state index contributed by atoms with van der Waals surface area (Å²) in [6.07, 6.45) is 6.55. The number of carbonyl (C=O) groups is 1. The Morgan fingerprint density at radius 1 is 1.46 bits per heavy atom. The molecule has 1 saturated carbocycles. The normalized spacial score (nSPS) is 39.7. The molecule has 0 saturated heterocycles. The molecule has 0 radical (unpaired) electrons. The molecule has 0 aromatic heterocycles. The highest BCUT2D eigenvalue weighted by Crippen LogP contribution is 2.42. The second-order valence-electron chi connectivity index (χ2n) is 4.31. The number of carbonyl (C=O) groups excluding carboxylic acids is 1. The van der Waals surface area contributed by atoms with Crippen LogP contribution in [0, 0.1) is 5.92 Å². The number of aliphatic hydroxyl groups is 1. The van der Waals surface area contributed by atoms with Gasteiger partial charge in [-0.2, -0.15) is 0 Å². The molecule has 2 nitrogen and oxygen atoms in total. The van der Waals surface area contributed by atoms with Gasteiger partial charge in [0.05, 0.1) is 11.5 Å². The summed E-state index contributed by atoms with van der Waals surface area (Å²) < 4.78 is 0. The highest BCUT2D eigenvalue weighted by Gasteiger charge is 2.46. The van der Waals surface area contributed by atoms with Crippen molar-refractivity contribution < 1.29 is 9.90 Å². The second-order valence-corrected chi connectivity index (χ2v) is 4.31. The van der Waals surface area contributed by atoms with E-state index in [0.717, 1.165) is 37.7 Å². The zero-order chi connectivity index (χ0) is 9.47. The van der Waals surface area contributed by atoms with Crippen LogP contribution in [0.25, 0.3) is 0 Å². The number of hydrogen-bond donors (Lipinski definition) is 1. The Morgan fingerprint density at radius 2 is 2.23 bits per heavy atom. The molecule has 72 valence electrons. The van der Waals surface area contributed by atoms with Gasteiger partial charge in [0.15, 0.2) is 5.78 Å². The summed E-state index contributed by atoms with van der Waals surface area (Å²) in [5.41, 5.74) is 0.0949. The first-order valence-corrected chi connectivity index (χ1v) is 5.09. The van der Waals surface area contributed by atoms with Crippen molar-refractivity contribution in [2.45, 2.75) is 44.6 Å². The van der Waals surface area contributed by atoms with Crippen molar-refractivity contribution in [1.29, 1.82) is 0 Å². The first-order valence-electron chi connectivity index (χ1n) is 5.09. The topological polar surface area (TPSA) is 37.3 Å². The van der Waals surface area contributed by atoms with Gasteiger partial charge in [0.2, 0.25) is 0 Å². The first-order chi connectivity index (χ1) is 6.14. The van der Waals surface area contributed by atoms with E-state index in [1.807, 2.05) is 6.92 Å². The molecule has 0 aromatic carbocycles. The van der Waals surface area contributed by atoms with Crippen LogP contribution in [0.15, 0.2) is 11.6 Å². The van der Waals surface area contributed by atoms with Crippen molar-refractivity contribution in [2.24, 2.45) is 5.92 Å². The van der Waals surface area contributed by atoms with E-state index >= 15 is 0 Å². The molecule has 2 aliphatic carbocycles. The van der Waals surface area contributed by atoms with E-state index in [1.54, 1.807) is 6.08 Å². The summed E-state index contributed by atoms with van der Waals surface area (Å²) in [6.45, 7) is 1.88. The summed E-state index contributed by atoms with van der Waals surface area (Å²) in [5.74, 6) is 0.0110. The van der Waals surface area contributed by atoms with E-state index in [0.29, 0.717) is 0 Å². The maximum absolute atomic E-state index is 11.5. The van der Waals surface area contributed by atoms with Crippen molar-refractivity contribution in [2.75, 3.05) is 0 Å². The molecule has 1 N–H and O–H groups in total. The Kier molecular flexibility index (Phi) is 2.03. The third-order valence-corrected chi connectivity index (χ3v) is 3.51. The van der Waals surface area contributed by atoms with Crippen LogP contribution in [0.2, 0.25) is 0 Å². The largest absolute Gasteiger partial charge is 0.385 e. The molecular weight excluding hydrogens is 164 g/mol. The zero-order valence-corrected chi connectivity index (χ0v) is 8.05. The predicted molar refractivity (Wildman–Crippen MR) is 50.3 cm³/mol. The lowest BCUT2D eigenvalue weighted by atomic mass is 9.82. The van der Waals surface area contributed by atoms with Gasteiger partial charge in [0, 0.05) is 0 Å². The molecule has 2 heteroatoms. The minimum absolute atomic E-state index is 0.130. The monoisotopic (exact) mass is 180 g/mol. The summed E-state index contributed by atoms with van der Waals surface area (Å²) >= 11 is 0. The molecule has 13 heavy (non-hydrogen) atoms. The van der Waals surface area contributed by atoms with Crippen LogP contribution < -0.4 is 0 Å². The van der Waals surface area contributed by atoms with Gasteiger partial charge in [-0.3, -0.25) is 4.79 Å². The van der Waals surface area contributed by atoms with Crippen LogP contribution in [0.5, 0.6) is 0 Å². The van der Waals surface area contributed by atoms with Crippen molar-refractivity contribution >= 4 is 5.78 Å². The van der Waals surface area contributed by atoms with Gasteiger partial charge in [-0.05, 0) is 31.4 Å². The van der Waals surface area contributed by atoms with Crippen LogP contribution in [0.4, 0.5) is 0 Å². The Morgan fingerprint density at radius 3 is 3.00 bits per heavy atom. The molecule has 0 bridgehead atoms. The van der Waals surface area contributed by atoms with E-state index in [4.69, 9.17) is 0 Å². The van der Waals surface area contributed by atoms with Crippen molar-refractivity contribution in [1.82, 2.24) is 0 Å². The summed E-state index contributed by atoms with van der Waals surface area (Å²) in [6, 6.07) is 0. The Labute approximate surface area is 78.6 Å². The molecule has 0 heterocycles. The van der Waals surface area contributed by atoms with Gasteiger partial charge in [0.25, 0.3) is 0 Å². The molecule has 0 amide bonds. The maximum Gasteiger partial charge on any atom is 0.162 e. The van der Waals surface area contributed by atoms with E-state index in [2.05, 4.69) is 0 Å². The smallest absolute Gasteiger partial charge is 0.162 e. The summed E-state index contributed by atoms with van der Waals surface area (Å²) in [4.78, 5) is 11.5. The zero-order valence-electron chi connectivity index (χ0n) is 8.05. The molecule has 1 fully saturated rings. The Hall–Kier alpha value is -0.630. The number of rotatable bonds is 0. The highest BCUT2D eigenvalue weighted by atomic mass is 16.3. The quantitative estimate of drug-likeness (QED) is 0.617. The fourth-order valence-corrected chi connectivity index (χ4v) is 2.62. The van der Waals surface area contributed by atoms with Crippen LogP contribution in [0.3, 0.4) is 0 Å². The van der Waals surface area contributed by atoms with Gasteiger partial charge in [0.1, 0.15) is 0 Å². The fraction of sp³-hybridized carbons (Fsp3) is 0.727. The predicted octanol–water partition coefficient (Wildman–Crippen LogP) is 1.83. The summed E-state index contributed by atoms with van der Waals surface area (Å²) in [7, 11) is 0. The van der Waals surface area contributed by atoms with Crippen molar-refractivity contribution in [3.8, 4) is 0 Å². The first kappa shape index (κ1) is 8.95. The number of ketones is 1. The lowest BCUT2D eigenvalue weighted by Gasteiger charge is -2.29. The second kappa shape index (κ2) is 2.95. The highest BCUT2D eigenvalue weighted by molar-refractivity contribution is 5.97. The van der Waals surface area contributed by atoms with E-state index in [1.165, 1.54) is 0 Å². The Bertz CT molecular complexity index is 267. The lowest BCUT2D eigenvalue weighted by Crippen LogP contribution is -2.37. The summed E-state index contributed by atoms with van der Waals surface area (Å²) in [5, 5.41) is 10.3. The maximum atomic E-state index is 11.5. The molecule has 2 aliphatic rings. The average molecular weight is 180 g/mol. The van der Waals surface area contributed by atoms with E-state index in [9.17, 15) is 9.90 Å². The van der Waals surface area contributed by atoms with Crippen LogP contribution in [0.1, 0.15) is 39.0 Å². The van der Waals surface area contributed by atoms with E-state index < -0.39 is 5.60 Å². The van der Waals surface area contributed by atoms with Gasteiger partial charge in [-0.15, -0.1) is 0 Å². The van der Waals surface area contributed by atoms with E-state index in [-0.39, 0.29) is 11.7 Å². The van der Waals surface area contributed by atoms with Crippen LogP contribution in [-0.4, -0.2) is 16.5 Å². The average Bonchev–Trinajstić information content (AvgIpc) is 2.28. The SMILES string of the molecule is CC1=CC(=O)[C@@H]2CCCCC[C@]12O. The van der Waals surface area contributed by atoms with Gasteiger partial charge < -0.3 is 5.11 Å². The third-order valence-electron chi connectivity index (χ3n) is 3.51. The van der Waals surface area contributed by atoms with Crippen molar-refractivity contribution in [3.63, 3.8) is 0 Å². The molecular formula is C11H16O2.